The lowest BCUT2D eigenvalue weighted by Gasteiger charge is -2.24. The summed E-state index contributed by atoms with van der Waals surface area (Å²) in [6.45, 7) is 2.11. The van der Waals surface area contributed by atoms with Gasteiger partial charge in [0.25, 0.3) is 0 Å². The lowest BCUT2D eigenvalue weighted by Crippen LogP contribution is -2.40. The lowest BCUT2D eigenvalue weighted by atomic mass is 9.91. The minimum Gasteiger partial charge on any atom is -0.351 e. The third-order valence-electron chi connectivity index (χ3n) is 3.68. The van der Waals surface area contributed by atoms with Crippen LogP contribution in [0.5, 0.6) is 0 Å². The minimum atomic E-state index is -0.0897. The molecule has 2 aromatic rings. The van der Waals surface area contributed by atoms with Gasteiger partial charge in [0, 0.05) is 30.0 Å². The summed E-state index contributed by atoms with van der Waals surface area (Å²) in [5.74, 6) is 0.164. The molecule has 1 fully saturated rings. The molecule has 0 aliphatic carbocycles. The molecule has 1 N–H and O–H groups in total. The maximum atomic E-state index is 11.3. The molecule has 1 unspecified atom stereocenters. The number of nitrogens with zero attached hydrogens (tertiary/aromatic N) is 2. The van der Waals surface area contributed by atoms with E-state index in [1.165, 1.54) is 5.56 Å². The standard InChI is InChI=1S/C15H17N3O/c1-15(7-6-14(19)17-15)10-12-2-4-13(5-3-12)18-9-8-16-11-18/h2-5,8-9,11H,6-7,10H2,1H3,(H,17,19). The van der Waals surface area contributed by atoms with E-state index in [4.69, 9.17) is 0 Å². The lowest BCUT2D eigenvalue weighted by molar-refractivity contribution is -0.119. The summed E-state index contributed by atoms with van der Waals surface area (Å²) in [7, 11) is 0. The summed E-state index contributed by atoms with van der Waals surface area (Å²) in [4.78, 5) is 15.4. The van der Waals surface area contributed by atoms with Crippen molar-refractivity contribution in [3.05, 3.63) is 48.5 Å². The summed E-state index contributed by atoms with van der Waals surface area (Å²) in [5.41, 5.74) is 2.25. The van der Waals surface area contributed by atoms with E-state index in [2.05, 4.69) is 41.5 Å². The highest BCUT2D eigenvalue weighted by atomic mass is 16.2. The molecule has 0 radical (unpaired) electrons. The molecule has 98 valence electrons. The van der Waals surface area contributed by atoms with Crippen LogP contribution in [0.4, 0.5) is 0 Å². The first-order valence-corrected chi connectivity index (χ1v) is 6.53. The third-order valence-corrected chi connectivity index (χ3v) is 3.68. The van der Waals surface area contributed by atoms with Crippen LogP contribution in [0.1, 0.15) is 25.3 Å². The molecule has 1 aromatic carbocycles. The zero-order valence-corrected chi connectivity index (χ0v) is 11.0. The number of aromatic nitrogens is 2. The Morgan fingerprint density at radius 1 is 1.37 bits per heavy atom. The van der Waals surface area contributed by atoms with Gasteiger partial charge in [0.05, 0.1) is 6.33 Å². The zero-order valence-electron chi connectivity index (χ0n) is 11.0. The number of carbonyl (C=O) groups is 1. The van der Waals surface area contributed by atoms with E-state index in [9.17, 15) is 4.79 Å². The van der Waals surface area contributed by atoms with Gasteiger partial charge in [0.2, 0.25) is 5.91 Å². The highest BCUT2D eigenvalue weighted by Gasteiger charge is 2.32. The molecule has 0 saturated carbocycles. The van der Waals surface area contributed by atoms with E-state index in [1.807, 2.05) is 10.8 Å². The van der Waals surface area contributed by atoms with Crippen molar-refractivity contribution in [1.82, 2.24) is 14.9 Å². The smallest absolute Gasteiger partial charge is 0.220 e. The first kappa shape index (κ1) is 12.0. The normalized spacial score (nSPS) is 22.5. The van der Waals surface area contributed by atoms with E-state index in [0.29, 0.717) is 6.42 Å². The number of nitrogens with one attached hydrogen (secondary N) is 1. The van der Waals surface area contributed by atoms with Crippen molar-refractivity contribution < 1.29 is 4.79 Å². The summed E-state index contributed by atoms with van der Waals surface area (Å²) in [6, 6.07) is 8.39. The first-order chi connectivity index (χ1) is 9.15. The first-order valence-electron chi connectivity index (χ1n) is 6.53. The fourth-order valence-electron chi connectivity index (χ4n) is 2.63. The Bertz CT molecular complexity index is 574. The maximum absolute atomic E-state index is 11.3. The van der Waals surface area contributed by atoms with Gasteiger partial charge in [-0.1, -0.05) is 12.1 Å². The number of imidazole rings is 1. The quantitative estimate of drug-likeness (QED) is 0.912. The van der Waals surface area contributed by atoms with Crippen molar-refractivity contribution in [1.29, 1.82) is 0 Å². The van der Waals surface area contributed by atoms with Gasteiger partial charge in [0.15, 0.2) is 0 Å². The molecule has 4 heteroatoms. The van der Waals surface area contributed by atoms with Gasteiger partial charge in [-0.15, -0.1) is 0 Å². The monoisotopic (exact) mass is 255 g/mol. The molecule has 1 aliphatic rings. The zero-order chi connectivity index (χ0) is 13.3. The number of rotatable bonds is 3. The largest absolute Gasteiger partial charge is 0.351 e. The summed E-state index contributed by atoms with van der Waals surface area (Å²) < 4.78 is 1.98. The molecule has 1 saturated heterocycles. The molecule has 1 amide bonds. The Balaban J connectivity index is 1.75. The van der Waals surface area contributed by atoms with Crippen LogP contribution in [-0.2, 0) is 11.2 Å². The molecule has 1 aromatic heterocycles. The van der Waals surface area contributed by atoms with E-state index >= 15 is 0 Å². The van der Waals surface area contributed by atoms with Crippen LogP contribution in [-0.4, -0.2) is 21.0 Å². The Morgan fingerprint density at radius 2 is 2.16 bits per heavy atom. The highest BCUT2D eigenvalue weighted by molar-refractivity contribution is 5.79. The Kier molecular flexibility index (Phi) is 2.85. The van der Waals surface area contributed by atoms with Gasteiger partial charge in [-0.25, -0.2) is 4.98 Å². The molecular weight excluding hydrogens is 238 g/mol. The van der Waals surface area contributed by atoms with Gasteiger partial charge >= 0.3 is 0 Å². The van der Waals surface area contributed by atoms with Crippen LogP contribution in [0, 0.1) is 0 Å². The topological polar surface area (TPSA) is 46.9 Å². The number of amides is 1. The van der Waals surface area contributed by atoms with Gasteiger partial charge in [-0.05, 0) is 37.5 Å². The predicted molar refractivity (Wildman–Crippen MR) is 73.0 cm³/mol. The number of hydrogen-bond donors (Lipinski definition) is 1. The van der Waals surface area contributed by atoms with E-state index in [1.54, 1.807) is 12.5 Å². The van der Waals surface area contributed by atoms with Crippen LogP contribution in [0.15, 0.2) is 43.0 Å². The van der Waals surface area contributed by atoms with Crippen LogP contribution in [0.25, 0.3) is 5.69 Å². The van der Waals surface area contributed by atoms with Crippen molar-refractivity contribution >= 4 is 5.91 Å². The average Bonchev–Trinajstić information content (AvgIpc) is 3.01. The van der Waals surface area contributed by atoms with Crippen molar-refractivity contribution in [2.75, 3.05) is 0 Å². The van der Waals surface area contributed by atoms with Crippen molar-refractivity contribution in [2.45, 2.75) is 31.7 Å². The van der Waals surface area contributed by atoms with Gasteiger partial charge in [-0.2, -0.15) is 0 Å². The fraction of sp³-hybridized carbons (Fsp3) is 0.333. The molecule has 4 nitrogen and oxygen atoms in total. The van der Waals surface area contributed by atoms with Crippen LogP contribution < -0.4 is 5.32 Å². The Hall–Kier alpha value is -2.10. The molecule has 2 heterocycles. The molecular formula is C15H17N3O. The van der Waals surface area contributed by atoms with Gasteiger partial charge < -0.3 is 9.88 Å². The maximum Gasteiger partial charge on any atom is 0.220 e. The molecule has 1 aliphatic heterocycles. The molecule has 0 bridgehead atoms. The number of carbonyl (C=O) groups excluding carboxylic acids is 1. The van der Waals surface area contributed by atoms with Crippen molar-refractivity contribution in [3.63, 3.8) is 0 Å². The molecule has 0 spiro atoms. The second-order valence-corrected chi connectivity index (χ2v) is 5.42. The molecule has 19 heavy (non-hydrogen) atoms. The average molecular weight is 255 g/mol. The number of hydrogen-bond acceptors (Lipinski definition) is 2. The predicted octanol–water partition coefficient (Wildman–Crippen LogP) is 2.08. The number of benzene rings is 1. The summed E-state index contributed by atoms with van der Waals surface area (Å²) in [6.07, 6.45) is 7.91. The second kappa shape index (κ2) is 4.53. The second-order valence-electron chi connectivity index (χ2n) is 5.42. The van der Waals surface area contributed by atoms with Gasteiger partial charge in [-0.3, -0.25) is 4.79 Å². The van der Waals surface area contributed by atoms with E-state index in [-0.39, 0.29) is 11.4 Å². The highest BCUT2D eigenvalue weighted by Crippen LogP contribution is 2.24. The minimum absolute atomic E-state index is 0.0897. The molecule has 3 rings (SSSR count). The molecule has 1 atom stereocenters. The SMILES string of the molecule is CC1(Cc2ccc(-n3ccnc3)cc2)CCC(=O)N1. The van der Waals surface area contributed by atoms with Crippen LogP contribution in [0.3, 0.4) is 0 Å². The summed E-state index contributed by atoms with van der Waals surface area (Å²) >= 11 is 0. The van der Waals surface area contributed by atoms with Gasteiger partial charge in [0.1, 0.15) is 0 Å². The van der Waals surface area contributed by atoms with Crippen molar-refractivity contribution in [2.24, 2.45) is 0 Å². The van der Waals surface area contributed by atoms with E-state index in [0.717, 1.165) is 18.5 Å². The summed E-state index contributed by atoms with van der Waals surface area (Å²) in [5, 5.41) is 3.07. The Morgan fingerprint density at radius 3 is 2.74 bits per heavy atom. The fourth-order valence-corrected chi connectivity index (χ4v) is 2.63. The third kappa shape index (κ3) is 2.52. The Labute approximate surface area is 112 Å². The van der Waals surface area contributed by atoms with E-state index < -0.39 is 0 Å². The van der Waals surface area contributed by atoms with Crippen LogP contribution >= 0.6 is 0 Å². The van der Waals surface area contributed by atoms with Crippen LogP contribution in [0.2, 0.25) is 0 Å². The van der Waals surface area contributed by atoms with Crippen molar-refractivity contribution in [3.8, 4) is 5.69 Å².